The lowest BCUT2D eigenvalue weighted by Crippen LogP contribution is -2.47. The van der Waals surface area contributed by atoms with Crippen LogP contribution in [0.3, 0.4) is 0 Å². The molecule has 5 nitrogen and oxygen atoms in total. The highest BCUT2D eigenvalue weighted by molar-refractivity contribution is 5.87. The Bertz CT molecular complexity index is 448. The van der Waals surface area contributed by atoms with Crippen LogP contribution in [0.2, 0.25) is 0 Å². The number of likely N-dealkylation sites (tertiary alicyclic amines) is 1. The number of carbonyl (C=O) groups excluding carboxylic acids is 2. The predicted molar refractivity (Wildman–Crippen MR) is 89.6 cm³/mol. The number of amides is 2. The van der Waals surface area contributed by atoms with E-state index in [2.05, 4.69) is 5.32 Å². The van der Waals surface area contributed by atoms with E-state index in [0.29, 0.717) is 24.2 Å². The molecule has 4 unspecified atom stereocenters. The fraction of sp³-hybridized carbons (Fsp3) is 0.889. The average molecular weight is 321 g/mol. The van der Waals surface area contributed by atoms with Crippen LogP contribution in [0.4, 0.5) is 0 Å². The summed E-state index contributed by atoms with van der Waals surface area (Å²) in [6.45, 7) is 3.41. The van der Waals surface area contributed by atoms with Gasteiger partial charge in [0.25, 0.3) is 0 Å². The van der Waals surface area contributed by atoms with Crippen molar-refractivity contribution >= 4 is 11.8 Å². The van der Waals surface area contributed by atoms with E-state index in [1.165, 1.54) is 19.3 Å². The van der Waals surface area contributed by atoms with Crippen molar-refractivity contribution in [3.63, 3.8) is 0 Å². The maximum absolute atomic E-state index is 12.6. The van der Waals surface area contributed by atoms with Gasteiger partial charge in [-0.25, -0.2) is 0 Å². The fourth-order valence-corrected chi connectivity index (χ4v) is 4.78. The number of fused-ring (bicyclic) bond motifs is 1. The summed E-state index contributed by atoms with van der Waals surface area (Å²) in [5.41, 5.74) is 6.14. The van der Waals surface area contributed by atoms with Gasteiger partial charge in [0.05, 0.1) is 0 Å². The van der Waals surface area contributed by atoms with Crippen LogP contribution in [0.25, 0.3) is 0 Å². The number of rotatable bonds is 4. The summed E-state index contributed by atoms with van der Waals surface area (Å²) in [6, 6.07) is -0.171. The van der Waals surface area contributed by atoms with Crippen molar-refractivity contribution in [2.75, 3.05) is 13.1 Å². The molecule has 4 atom stereocenters. The van der Waals surface area contributed by atoms with Crippen LogP contribution in [-0.4, -0.2) is 41.9 Å². The van der Waals surface area contributed by atoms with Gasteiger partial charge in [0.1, 0.15) is 6.04 Å². The van der Waals surface area contributed by atoms with Gasteiger partial charge < -0.3 is 16.0 Å². The highest BCUT2D eigenvalue weighted by atomic mass is 16.2. The maximum Gasteiger partial charge on any atom is 0.244 e. The number of nitrogens with zero attached hydrogens (tertiary/aromatic N) is 1. The van der Waals surface area contributed by atoms with Gasteiger partial charge in [-0.15, -0.1) is 0 Å². The summed E-state index contributed by atoms with van der Waals surface area (Å²) in [5, 5.41) is 2.92. The van der Waals surface area contributed by atoms with E-state index in [-0.39, 0.29) is 17.9 Å². The lowest BCUT2D eigenvalue weighted by molar-refractivity contribution is -0.135. The van der Waals surface area contributed by atoms with Crippen molar-refractivity contribution in [1.29, 1.82) is 0 Å². The van der Waals surface area contributed by atoms with Crippen LogP contribution >= 0.6 is 0 Å². The molecule has 1 aliphatic heterocycles. The summed E-state index contributed by atoms with van der Waals surface area (Å²) >= 11 is 0. The molecule has 130 valence electrons. The Hall–Kier alpha value is -1.10. The van der Waals surface area contributed by atoms with Gasteiger partial charge in [0, 0.05) is 25.6 Å². The topological polar surface area (TPSA) is 75.4 Å². The minimum Gasteiger partial charge on any atom is -0.345 e. The van der Waals surface area contributed by atoms with E-state index in [4.69, 9.17) is 5.73 Å². The molecule has 3 fully saturated rings. The van der Waals surface area contributed by atoms with Crippen LogP contribution in [0.1, 0.15) is 58.3 Å². The predicted octanol–water partition coefficient (Wildman–Crippen LogP) is 1.66. The largest absolute Gasteiger partial charge is 0.345 e. The smallest absolute Gasteiger partial charge is 0.244 e. The van der Waals surface area contributed by atoms with Crippen molar-refractivity contribution in [2.45, 2.75) is 70.4 Å². The zero-order valence-corrected chi connectivity index (χ0v) is 14.3. The first-order chi connectivity index (χ1) is 11.0. The normalized spacial score (nSPS) is 32.6. The minimum atomic E-state index is -0.416. The first-order valence-corrected chi connectivity index (χ1v) is 9.38. The van der Waals surface area contributed by atoms with Crippen LogP contribution in [-0.2, 0) is 9.59 Å². The molecule has 0 bridgehead atoms. The summed E-state index contributed by atoms with van der Waals surface area (Å²) in [7, 11) is 0. The molecule has 2 aliphatic carbocycles. The van der Waals surface area contributed by atoms with Gasteiger partial charge in [-0.3, -0.25) is 9.59 Å². The summed E-state index contributed by atoms with van der Waals surface area (Å²) in [4.78, 5) is 26.7. The van der Waals surface area contributed by atoms with E-state index < -0.39 is 6.04 Å². The monoisotopic (exact) mass is 321 g/mol. The van der Waals surface area contributed by atoms with E-state index in [0.717, 1.165) is 38.8 Å². The van der Waals surface area contributed by atoms with E-state index in [9.17, 15) is 9.59 Å². The highest BCUT2D eigenvalue weighted by Crippen LogP contribution is 2.37. The van der Waals surface area contributed by atoms with Crippen LogP contribution in [0, 0.1) is 17.8 Å². The van der Waals surface area contributed by atoms with Crippen molar-refractivity contribution in [3.05, 3.63) is 0 Å². The molecule has 0 aromatic carbocycles. The van der Waals surface area contributed by atoms with Gasteiger partial charge in [0.2, 0.25) is 11.8 Å². The summed E-state index contributed by atoms with van der Waals surface area (Å²) < 4.78 is 0. The third-order valence-electron chi connectivity index (χ3n) is 6.17. The van der Waals surface area contributed by atoms with Crippen molar-refractivity contribution in [3.8, 4) is 0 Å². The first-order valence-electron chi connectivity index (χ1n) is 9.38. The second-order valence-corrected chi connectivity index (χ2v) is 7.91. The SMILES string of the molecule is CC(NC(=O)CC1CCCCC1)C(=O)N1CC2CCC(N)C2C1. The van der Waals surface area contributed by atoms with E-state index in [1.54, 1.807) is 0 Å². The van der Waals surface area contributed by atoms with E-state index >= 15 is 0 Å². The molecule has 0 aromatic heterocycles. The Labute approximate surface area is 139 Å². The van der Waals surface area contributed by atoms with Gasteiger partial charge in [-0.2, -0.15) is 0 Å². The molecule has 5 heteroatoms. The maximum atomic E-state index is 12.6. The molecular weight excluding hydrogens is 290 g/mol. The molecule has 0 aromatic rings. The van der Waals surface area contributed by atoms with Gasteiger partial charge in [-0.1, -0.05) is 19.3 Å². The Balaban J connectivity index is 1.45. The Morgan fingerprint density at radius 1 is 1.13 bits per heavy atom. The molecule has 3 aliphatic rings. The molecule has 1 heterocycles. The fourth-order valence-electron chi connectivity index (χ4n) is 4.78. The summed E-state index contributed by atoms with van der Waals surface area (Å²) in [5.74, 6) is 1.64. The molecular formula is C18H31N3O2. The number of hydrogen-bond acceptors (Lipinski definition) is 3. The molecule has 1 saturated heterocycles. The summed E-state index contributed by atoms with van der Waals surface area (Å²) in [6.07, 6.45) is 8.89. The lowest BCUT2D eigenvalue weighted by Gasteiger charge is -2.25. The molecule has 3 N–H and O–H groups in total. The second-order valence-electron chi connectivity index (χ2n) is 7.91. The number of nitrogens with one attached hydrogen (secondary N) is 1. The lowest BCUT2D eigenvalue weighted by atomic mass is 9.87. The van der Waals surface area contributed by atoms with Crippen LogP contribution < -0.4 is 11.1 Å². The zero-order valence-electron chi connectivity index (χ0n) is 14.3. The molecule has 23 heavy (non-hydrogen) atoms. The first kappa shape index (κ1) is 16.7. The Kier molecular flexibility index (Phi) is 5.24. The standard InChI is InChI=1S/C18H31N3O2/c1-12(20-17(22)9-13-5-3-2-4-6-13)18(23)21-10-14-7-8-16(19)15(14)11-21/h12-16H,2-11,19H2,1H3,(H,20,22). The Morgan fingerprint density at radius 3 is 2.57 bits per heavy atom. The highest BCUT2D eigenvalue weighted by Gasteiger charge is 2.43. The van der Waals surface area contributed by atoms with E-state index in [1.807, 2.05) is 11.8 Å². The average Bonchev–Trinajstić information content (AvgIpc) is 3.10. The van der Waals surface area contributed by atoms with Crippen LogP contribution in [0.15, 0.2) is 0 Å². The molecule has 0 radical (unpaired) electrons. The van der Waals surface area contributed by atoms with Gasteiger partial charge in [-0.05, 0) is 50.4 Å². The van der Waals surface area contributed by atoms with Crippen molar-refractivity contribution in [2.24, 2.45) is 23.5 Å². The number of nitrogens with two attached hydrogens (primary N) is 1. The van der Waals surface area contributed by atoms with Gasteiger partial charge in [0.15, 0.2) is 0 Å². The van der Waals surface area contributed by atoms with Gasteiger partial charge >= 0.3 is 0 Å². The molecule has 2 saturated carbocycles. The number of carbonyl (C=O) groups is 2. The molecule has 2 amide bonds. The van der Waals surface area contributed by atoms with Crippen molar-refractivity contribution < 1.29 is 9.59 Å². The third kappa shape index (κ3) is 3.87. The van der Waals surface area contributed by atoms with Crippen molar-refractivity contribution in [1.82, 2.24) is 10.2 Å². The van der Waals surface area contributed by atoms with Crippen LogP contribution in [0.5, 0.6) is 0 Å². The zero-order chi connectivity index (χ0) is 16.4. The Morgan fingerprint density at radius 2 is 1.87 bits per heavy atom. The molecule has 0 spiro atoms. The second kappa shape index (κ2) is 7.20. The minimum absolute atomic E-state index is 0.0360. The molecule has 3 rings (SSSR count). The third-order valence-corrected chi connectivity index (χ3v) is 6.17. The quantitative estimate of drug-likeness (QED) is 0.827. The number of hydrogen-bond donors (Lipinski definition) is 2.